The first-order chi connectivity index (χ1) is 16.9. The number of hydrogen-bond acceptors (Lipinski definition) is 5. The van der Waals surface area contributed by atoms with Gasteiger partial charge in [0.2, 0.25) is 6.20 Å². The number of hydrogen-bond donors (Lipinski definition) is 0. The summed E-state index contributed by atoms with van der Waals surface area (Å²) in [5.74, 6) is 0.864. The average molecular weight is 470 g/mol. The van der Waals surface area contributed by atoms with E-state index in [-0.39, 0.29) is 17.4 Å². The van der Waals surface area contributed by atoms with Crippen LogP contribution in [0.1, 0.15) is 35.7 Å². The van der Waals surface area contributed by atoms with E-state index in [1.165, 1.54) is 11.7 Å². The average Bonchev–Trinajstić information content (AvgIpc) is 3.33. The summed E-state index contributed by atoms with van der Waals surface area (Å²) in [4.78, 5) is 27.1. The summed E-state index contributed by atoms with van der Waals surface area (Å²) in [6, 6.07) is 16.2. The molecule has 0 saturated heterocycles. The molecule has 8 nitrogen and oxygen atoms in total. The molecule has 0 saturated carbocycles. The molecule has 0 aliphatic carbocycles. The van der Waals surface area contributed by atoms with Crippen LogP contribution in [0.25, 0.3) is 22.2 Å². The topological polar surface area (TPSA) is 78.7 Å². The van der Waals surface area contributed by atoms with Gasteiger partial charge in [-0.25, -0.2) is 9.31 Å². The fourth-order valence-corrected chi connectivity index (χ4v) is 4.27. The first kappa shape index (κ1) is 22.3. The summed E-state index contributed by atoms with van der Waals surface area (Å²) >= 11 is 0. The number of methoxy groups -OCH3 is 2. The van der Waals surface area contributed by atoms with Gasteiger partial charge in [0.15, 0.2) is 17.7 Å². The molecule has 0 N–H and O–H groups in total. The van der Waals surface area contributed by atoms with E-state index in [0.717, 1.165) is 11.3 Å². The van der Waals surface area contributed by atoms with Gasteiger partial charge in [-0.1, -0.05) is 32.0 Å². The minimum Gasteiger partial charge on any atom is -0.493 e. The van der Waals surface area contributed by atoms with Crippen molar-refractivity contribution < 1.29 is 18.8 Å². The Kier molecular flexibility index (Phi) is 5.56. The highest BCUT2D eigenvalue weighted by molar-refractivity contribution is 5.89. The predicted octanol–water partition coefficient (Wildman–Crippen LogP) is 3.76. The van der Waals surface area contributed by atoms with Crippen LogP contribution in [-0.4, -0.2) is 34.3 Å². The van der Waals surface area contributed by atoms with Crippen molar-refractivity contribution in [3.63, 3.8) is 0 Å². The Morgan fingerprint density at radius 2 is 1.74 bits per heavy atom. The second kappa shape index (κ2) is 8.72. The third kappa shape index (κ3) is 3.63. The van der Waals surface area contributed by atoms with E-state index in [9.17, 15) is 9.59 Å². The van der Waals surface area contributed by atoms with Gasteiger partial charge in [-0.05, 0) is 30.2 Å². The maximum absolute atomic E-state index is 13.7. The number of fused-ring (bicyclic) bond motifs is 3. The highest BCUT2D eigenvalue weighted by Gasteiger charge is 2.24. The Hall–Kier alpha value is -4.46. The third-order valence-electron chi connectivity index (χ3n) is 6.09. The Morgan fingerprint density at radius 1 is 1.00 bits per heavy atom. The van der Waals surface area contributed by atoms with Crippen LogP contribution in [-0.2, 0) is 0 Å². The summed E-state index contributed by atoms with van der Waals surface area (Å²) < 4.78 is 15.5. The molecule has 0 unspecified atom stereocenters. The highest BCUT2D eigenvalue weighted by atomic mass is 16.5. The summed E-state index contributed by atoms with van der Waals surface area (Å²) in [5, 5.41) is 5.07. The monoisotopic (exact) mass is 469 g/mol. The molecule has 5 aromatic rings. The SMILES string of the molecule is COc1ccc(C(=O)[n+]2ccc3c(=O)n(-c4ccccc4)c4c(C(C)C)cnn4c3c2)cc1OC. The molecule has 0 aliphatic rings. The lowest BCUT2D eigenvalue weighted by atomic mass is 10.1. The first-order valence-electron chi connectivity index (χ1n) is 11.2. The van der Waals surface area contributed by atoms with E-state index in [1.807, 2.05) is 30.3 Å². The minimum atomic E-state index is -0.274. The molecule has 0 aliphatic heterocycles. The van der Waals surface area contributed by atoms with Crippen LogP contribution in [0.2, 0.25) is 0 Å². The van der Waals surface area contributed by atoms with Gasteiger partial charge in [0, 0.05) is 17.7 Å². The van der Waals surface area contributed by atoms with Gasteiger partial charge in [0.1, 0.15) is 11.2 Å². The van der Waals surface area contributed by atoms with E-state index < -0.39 is 0 Å². The molecular formula is C27H25N4O4+. The van der Waals surface area contributed by atoms with Crippen molar-refractivity contribution in [3.05, 3.63) is 94.7 Å². The minimum absolute atomic E-state index is 0.142. The summed E-state index contributed by atoms with van der Waals surface area (Å²) in [6.45, 7) is 4.12. The largest absolute Gasteiger partial charge is 0.493 e. The maximum Gasteiger partial charge on any atom is 0.424 e. The van der Waals surface area contributed by atoms with Crippen LogP contribution in [0.15, 0.2) is 78.0 Å². The number of rotatable bonds is 5. The Balaban J connectivity index is 1.75. The van der Waals surface area contributed by atoms with Crippen molar-refractivity contribution in [2.45, 2.75) is 19.8 Å². The fourth-order valence-electron chi connectivity index (χ4n) is 4.27. The molecule has 8 heteroatoms. The summed E-state index contributed by atoms with van der Waals surface area (Å²) in [7, 11) is 3.06. The number of carbonyl (C=O) groups is 1. The molecule has 0 bridgehead atoms. The van der Waals surface area contributed by atoms with E-state index in [0.29, 0.717) is 33.6 Å². The molecule has 3 heterocycles. The van der Waals surface area contributed by atoms with Crippen LogP contribution in [0.4, 0.5) is 0 Å². The lowest BCUT2D eigenvalue weighted by Crippen LogP contribution is -2.42. The molecule has 3 aromatic heterocycles. The van der Waals surface area contributed by atoms with Gasteiger partial charge in [0.05, 0.1) is 37.1 Å². The van der Waals surface area contributed by atoms with Gasteiger partial charge < -0.3 is 9.47 Å². The van der Waals surface area contributed by atoms with Crippen molar-refractivity contribution in [1.82, 2.24) is 14.2 Å². The highest BCUT2D eigenvalue weighted by Crippen LogP contribution is 2.28. The van der Waals surface area contributed by atoms with Crippen LogP contribution < -0.4 is 19.6 Å². The van der Waals surface area contributed by atoms with Gasteiger partial charge in [-0.2, -0.15) is 5.10 Å². The second-order valence-corrected chi connectivity index (χ2v) is 8.49. The molecule has 5 rings (SSSR count). The molecule has 2 aromatic carbocycles. The Morgan fingerprint density at radius 3 is 2.43 bits per heavy atom. The van der Waals surface area contributed by atoms with E-state index in [2.05, 4.69) is 18.9 Å². The zero-order chi connectivity index (χ0) is 24.7. The summed E-state index contributed by atoms with van der Waals surface area (Å²) in [6.07, 6.45) is 5.03. The van der Waals surface area contributed by atoms with Crippen LogP contribution >= 0.6 is 0 Å². The van der Waals surface area contributed by atoms with Crippen molar-refractivity contribution in [2.75, 3.05) is 14.2 Å². The predicted molar refractivity (Wildman–Crippen MR) is 132 cm³/mol. The maximum atomic E-state index is 13.7. The van der Waals surface area contributed by atoms with Crippen molar-refractivity contribution in [2.24, 2.45) is 0 Å². The van der Waals surface area contributed by atoms with Gasteiger partial charge in [-0.15, -0.1) is 4.57 Å². The number of carbonyl (C=O) groups excluding carboxylic acids is 1. The standard InChI is InChI=1S/C27H25N4O4/c1-17(2)21-15-28-31-22-16-29(26(32)18-10-11-23(34-3)24(14-18)35-4)13-12-20(22)27(33)30(25(21)31)19-8-6-5-7-9-19/h5-17H,1-4H3/q+1. The van der Waals surface area contributed by atoms with Crippen LogP contribution in [0, 0.1) is 0 Å². The van der Waals surface area contributed by atoms with Crippen LogP contribution in [0.5, 0.6) is 11.5 Å². The molecule has 0 amide bonds. The molecule has 0 fully saturated rings. The Bertz CT molecular complexity index is 1630. The number of nitrogens with zero attached hydrogens (tertiary/aromatic N) is 4. The number of ether oxygens (including phenoxy) is 2. The number of para-hydroxylation sites is 1. The lowest BCUT2D eigenvalue weighted by Gasteiger charge is -2.13. The molecule has 35 heavy (non-hydrogen) atoms. The number of aromatic nitrogens is 4. The van der Waals surface area contributed by atoms with E-state index in [4.69, 9.17) is 9.47 Å². The van der Waals surface area contributed by atoms with Crippen molar-refractivity contribution >= 4 is 22.5 Å². The zero-order valence-corrected chi connectivity index (χ0v) is 19.9. The number of pyridine rings is 1. The van der Waals surface area contributed by atoms with E-state index >= 15 is 0 Å². The van der Waals surface area contributed by atoms with Gasteiger partial charge in [0.25, 0.3) is 5.56 Å². The number of benzene rings is 2. The summed E-state index contributed by atoms with van der Waals surface area (Å²) in [5.41, 5.74) is 3.16. The smallest absolute Gasteiger partial charge is 0.424 e. The molecular weight excluding hydrogens is 444 g/mol. The van der Waals surface area contributed by atoms with E-state index in [1.54, 1.807) is 59.0 Å². The molecule has 0 spiro atoms. The van der Waals surface area contributed by atoms with Gasteiger partial charge in [-0.3, -0.25) is 9.36 Å². The second-order valence-electron chi connectivity index (χ2n) is 8.49. The third-order valence-corrected chi connectivity index (χ3v) is 6.09. The quantitative estimate of drug-likeness (QED) is 0.366. The Labute approximate surface area is 201 Å². The molecule has 0 radical (unpaired) electrons. The molecule has 0 atom stereocenters. The van der Waals surface area contributed by atoms with Crippen LogP contribution in [0.3, 0.4) is 0 Å². The zero-order valence-electron chi connectivity index (χ0n) is 19.9. The lowest BCUT2D eigenvalue weighted by molar-refractivity contribution is -0.569. The van der Waals surface area contributed by atoms with Crippen molar-refractivity contribution in [1.29, 1.82) is 0 Å². The van der Waals surface area contributed by atoms with Crippen molar-refractivity contribution in [3.8, 4) is 17.2 Å². The van der Waals surface area contributed by atoms with Gasteiger partial charge >= 0.3 is 5.91 Å². The molecule has 176 valence electrons. The fraction of sp³-hybridized carbons (Fsp3) is 0.185. The first-order valence-corrected chi connectivity index (χ1v) is 11.2. The normalized spacial score (nSPS) is 11.3.